The fourth-order valence-electron chi connectivity index (χ4n) is 2.51. The van der Waals surface area contributed by atoms with Crippen molar-refractivity contribution in [1.29, 1.82) is 0 Å². The molecule has 5 nitrogen and oxygen atoms in total. The first-order chi connectivity index (χ1) is 12.1. The average Bonchev–Trinajstić information content (AvgIpc) is 3.25. The van der Waals surface area contributed by atoms with Gasteiger partial charge in [0.1, 0.15) is 11.6 Å². The first kappa shape index (κ1) is 18.8. The Morgan fingerprint density at radius 3 is 2.27 bits per heavy atom. The summed E-state index contributed by atoms with van der Waals surface area (Å²) in [6.07, 6.45) is -3.10. The van der Waals surface area contributed by atoms with Gasteiger partial charge in [0.25, 0.3) is 0 Å². The van der Waals surface area contributed by atoms with E-state index in [9.17, 15) is 30.4 Å². The second-order valence-electron chi connectivity index (χ2n) is 5.95. The lowest BCUT2D eigenvalue weighted by Crippen LogP contribution is -2.28. The van der Waals surface area contributed by atoms with Gasteiger partial charge in [-0.15, -0.1) is 0 Å². The van der Waals surface area contributed by atoms with Crippen LogP contribution in [0.4, 0.5) is 22.0 Å². The molecule has 142 valence electrons. The highest BCUT2D eigenvalue weighted by Crippen LogP contribution is 2.42. The predicted octanol–water partition coefficient (Wildman–Crippen LogP) is 3.04. The summed E-state index contributed by atoms with van der Waals surface area (Å²) >= 11 is 0. The molecule has 1 aromatic carbocycles. The molecule has 1 fully saturated rings. The molecule has 1 aliphatic carbocycles. The summed E-state index contributed by atoms with van der Waals surface area (Å²) in [5.41, 5.74) is -0.636. The molecule has 0 unspecified atom stereocenters. The third-order valence-electron chi connectivity index (χ3n) is 3.86. The molecule has 1 N–H and O–H groups in total. The molecule has 0 aliphatic heterocycles. The van der Waals surface area contributed by atoms with E-state index in [1.165, 1.54) is 0 Å². The number of nitrogens with zero attached hydrogens (tertiary/aromatic N) is 2. The topological polar surface area (TPSA) is 64.0 Å². The van der Waals surface area contributed by atoms with Crippen molar-refractivity contribution in [2.24, 2.45) is 0 Å². The summed E-state index contributed by atoms with van der Waals surface area (Å²) in [5.74, 6) is -2.13. The number of halogens is 5. The zero-order valence-corrected chi connectivity index (χ0v) is 14.0. The van der Waals surface area contributed by atoms with Gasteiger partial charge < -0.3 is 0 Å². The number of aromatic nitrogens is 2. The molecule has 1 saturated carbocycles. The minimum Gasteiger partial charge on any atom is -0.267 e. The maximum absolute atomic E-state index is 13.2. The number of nitrogens with one attached hydrogen (secondary N) is 1. The number of sulfonamides is 1. The van der Waals surface area contributed by atoms with Crippen LogP contribution in [0.2, 0.25) is 0 Å². The molecule has 1 aliphatic rings. The van der Waals surface area contributed by atoms with Crippen LogP contribution in [0.5, 0.6) is 0 Å². The molecule has 26 heavy (non-hydrogen) atoms. The van der Waals surface area contributed by atoms with Crippen molar-refractivity contribution in [3.8, 4) is 0 Å². The lowest BCUT2D eigenvalue weighted by Gasteiger charge is -2.09. The minimum atomic E-state index is -4.59. The fourth-order valence-corrected chi connectivity index (χ4v) is 3.57. The Hall–Kier alpha value is -2.01. The SMILES string of the molecule is O=S(=O)(NCCn1nc(C(F)(F)F)cc1C1CC1)c1cc(F)cc(F)c1. The van der Waals surface area contributed by atoms with E-state index in [-0.39, 0.29) is 19.0 Å². The molecule has 0 spiro atoms. The first-order valence-electron chi connectivity index (χ1n) is 7.67. The highest BCUT2D eigenvalue weighted by molar-refractivity contribution is 7.89. The Kier molecular flexibility index (Phi) is 4.78. The molecule has 2 aromatic rings. The van der Waals surface area contributed by atoms with Crippen LogP contribution in [0.1, 0.15) is 30.1 Å². The maximum Gasteiger partial charge on any atom is 0.435 e. The van der Waals surface area contributed by atoms with Gasteiger partial charge in [-0.3, -0.25) is 4.68 Å². The van der Waals surface area contributed by atoms with Crippen molar-refractivity contribution in [3.63, 3.8) is 0 Å². The van der Waals surface area contributed by atoms with Crippen LogP contribution in [-0.2, 0) is 22.7 Å². The van der Waals surface area contributed by atoms with Gasteiger partial charge in [-0.1, -0.05) is 0 Å². The zero-order valence-electron chi connectivity index (χ0n) is 13.2. The number of alkyl halides is 3. The van der Waals surface area contributed by atoms with Crippen LogP contribution >= 0.6 is 0 Å². The van der Waals surface area contributed by atoms with Gasteiger partial charge >= 0.3 is 6.18 Å². The lowest BCUT2D eigenvalue weighted by molar-refractivity contribution is -0.141. The normalized spacial score (nSPS) is 15.4. The second kappa shape index (κ2) is 6.62. The van der Waals surface area contributed by atoms with Gasteiger partial charge in [0.05, 0.1) is 11.4 Å². The van der Waals surface area contributed by atoms with Gasteiger partial charge in [-0.05, 0) is 31.0 Å². The molecule has 1 heterocycles. The van der Waals surface area contributed by atoms with E-state index in [1.807, 2.05) is 0 Å². The quantitative estimate of drug-likeness (QED) is 0.765. The van der Waals surface area contributed by atoms with Crippen molar-refractivity contribution in [2.75, 3.05) is 6.54 Å². The van der Waals surface area contributed by atoms with E-state index < -0.39 is 38.4 Å². The molecule has 0 bridgehead atoms. The Balaban J connectivity index is 1.72. The monoisotopic (exact) mass is 395 g/mol. The summed E-state index contributed by atoms with van der Waals surface area (Å²) in [4.78, 5) is -0.603. The smallest absolute Gasteiger partial charge is 0.267 e. The second-order valence-corrected chi connectivity index (χ2v) is 7.72. The highest BCUT2D eigenvalue weighted by atomic mass is 32.2. The van der Waals surface area contributed by atoms with Crippen LogP contribution in [0.15, 0.2) is 29.2 Å². The molecule has 0 atom stereocenters. The third kappa shape index (κ3) is 4.21. The highest BCUT2D eigenvalue weighted by Gasteiger charge is 2.37. The van der Waals surface area contributed by atoms with Crippen molar-refractivity contribution in [2.45, 2.75) is 36.4 Å². The van der Waals surface area contributed by atoms with Crippen molar-refractivity contribution in [3.05, 3.63) is 47.3 Å². The van der Waals surface area contributed by atoms with Gasteiger partial charge in [0.2, 0.25) is 10.0 Å². The fraction of sp³-hybridized carbons (Fsp3) is 0.400. The molecule has 0 radical (unpaired) electrons. The Labute approximate surface area is 145 Å². The van der Waals surface area contributed by atoms with E-state index in [0.717, 1.165) is 23.6 Å². The summed E-state index contributed by atoms with van der Waals surface area (Å²) in [5, 5.41) is 3.50. The van der Waals surface area contributed by atoms with E-state index >= 15 is 0 Å². The molecular weight excluding hydrogens is 381 g/mol. The van der Waals surface area contributed by atoms with Crippen molar-refractivity contribution < 1.29 is 30.4 Å². The zero-order chi connectivity index (χ0) is 19.1. The van der Waals surface area contributed by atoms with Crippen molar-refractivity contribution >= 4 is 10.0 Å². The maximum atomic E-state index is 13.2. The molecule has 3 rings (SSSR count). The number of benzene rings is 1. The molecule has 0 saturated heterocycles. The van der Waals surface area contributed by atoms with E-state index in [2.05, 4.69) is 9.82 Å². The molecular formula is C15H14F5N3O2S. The Bertz CT molecular complexity index is 900. The van der Waals surface area contributed by atoms with E-state index in [0.29, 0.717) is 23.9 Å². The van der Waals surface area contributed by atoms with Crippen LogP contribution < -0.4 is 4.72 Å². The van der Waals surface area contributed by atoms with Gasteiger partial charge in [0, 0.05) is 24.2 Å². The lowest BCUT2D eigenvalue weighted by atomic mass is 10.2. The van der Waals surface area contributed by atoms with Crippen LogP contribution in [0, 0.1) is 11.6 Å². The largest absolute Gasteiger partial charge is 0.435 e. The molecule has 0 amide bonds. The van der Waals surface area contributed by atoms with E-state index in [1.54, 1.807) is 0 Å². The average molecular weight is 395 g/mol. The molecule has 11 heteroatoms. The number of hydrogen-bond acceptors (Lipinski definition) is 3. The van der Waals surface area contributed by atoms with Crippen LogP contribution in [0.25, 0.3) is 0 Å². The van der Waals surface area contributed by atoms with E-state index in [4.69, 9.17) is 0 Å². The predicted molar refractivity (Wildman–Crippen MR) is 80.8 cm³/mol. The van der Waals surface area contributed by atoms with Crippen LogP contribution in [0.3, 0.4) is 0 Å². The van der Waals surface area contributed by atoms with Crippen LogP contribution in [-0.4, -0.2) is 24.7 Å². The summed E-state index contributed by atoms with van der Waals surface area (Å²) in [6, 6.07) is 2.80. The van der Waals surface area contributed by atoms with Gasteiger partial charge in [-0.2, -0.15) is 18.3 Å². The number of hydrogen-bond donors (Lipinski definition) is 1. The standard InChI is InChI=1S/C15H14F5N3O2S/c16-10-5-11(17)7-12(6-10)26(24,25)21-3-4-23-13(9-1-2-9)8-14(22-23)15(18,19)20/h5-9,21H,1-4H2. The minimum absolute atomic E-state index is 0.0208. The third-order valence-corrected chi connectivity index (χ3v) is 5.30. The summed E-state index contributed by atoms with van der Waals surface area (Å²) in [7, 11) is -4.21. The van der Waals surface area contributed by atoms with Crippen molar-refractivity contribution in [1.82, 2.24) is 14.5 Å². The van der Waals surface area contributed by atoms with Gasteiger partial charge in [-0.25, -0.2) is 21.9 Å². The summed E-state index contributed by atoms with van der Waals surface area (Å²) in [6.45, 7) is -0.419. The number of rotatable bonds is 6. The Morgan fingerprint density at radius 2 is 1.73 bits per heavy atom. The Morgan fingerprint density at radius 1 is 1.12 bits per heavy atom. The molecule has 1 aromatic heterocycles. The first-order valence-corrected chi connectivity index (χ1v) is 9.15. The summed E-state index contributed by atoms with van der Waals surface area (Å²) < 4.78 is 92.1. The van der Waals surface area contributed by atoms with Gasteiger partial charge in [0.15, 0.2) is 5.69 Å².